The van der Waals surface area contributed by atoms with Crippen LogP contribution >= 0.6 is 11.6 Å². The van der Waals surface area contributed by atoms with Crippen LogP contribution in [0.2, 0.25) is 5.15 Å². The highest BCUT2D eigenvalue weighted by Gasteiger charge is 2.35. The van der Waals surface area contributed by atoms with Crippen molar-refractivity contribution in [2.75, 3.05) is 0 Å². The number of hydrogen-bond acceptors (Lipinski definition) is 3. The fourth-order valence-corrected chi connectivity index (χ4v) is 1.66. The van der Waals surface area contributed by atoms with E-state index in [4.69, 9.17) is 16.3 Å². The van der Waals surface area contributed by atoms with Gasteiger partial charge >= 0.3 is 6.18 Å². The van der Waals surface area contributed by atoms with Gasteiger partial charge in [0.25, 0.3) is 0 Å². The quantitative estimate of drug-likeness (QED) is 0.783. The lowest BCUT2D eigenvalue weighted by molar-refractivity contribution is -0.145. The van der Waals surface area contributed by atoms with Crippen LogP contribution in [0.1, 0.15) is 18.3 Å². The van der Waals surface area contributed by atoms with Crippen molar-refractivity contribution < 1.29 is 17.9 Å². The molecule has 0 atom stereocenters. The van der Waals surface area contributed by atoms with E-state index in [9.17, 15) is 13.2 Å². The number of aryl methyl sites for hydroxylation is 1. The zero-order valence-electron chi connectivity index (χ0n) is 10.4. The third-order valence-electron chi connectivity index (χ3n) is 2.48. The molecule has 0 bridgehead atoms. The Morgan fingerprint density at radius 2 is 1.80 bits per heavy atom. The number of halogens is 4. The largest absolute Gasteiger partial charge is 0.451 e. The SMILES string of the molecule is CCc1ccc(Oc2cc(Cl)nc(C(F)(F)F)n2)cc1. The summed E-state index contributed by atoms with van der Waals surface area (Å²) in [4.78, 5) is 6.42. The summed E-state index contributed by atoms with van der Waals surface area (Å²) in [7, 11) is 0. The second-order valence-electron chi connectivity index (χ2n) is 3.95. The zero-order valence-corrected chi connectivity index (χ0v) is 11.2. The fourth-order valence-electron chi connectivity index (χ4n) is 1.49. The molecule has 1 aromatic carbocycles. The molecule has 2 rings (SSSR count). The topological polar surface area (TPSA) is 35.0 Å². The van der Waals surface area contributed by atoms with Gasteiger partial charge in [-0.25, -0.2) is 4.98 Å². The van der Waals surface area contributed by atoms with Crippen LogP contribution in [0, 0.1) is 0 Å². The lowest BCUT2D eigenvalue weighted by Crippen LogP contribution is -2.11. The Labute approximate surface area is 118 Å². The Morgan fingerprint density at radius 3 is 2.35 bits per heavy atom. The number of rotatable bonds is 3. The van der Waals surface area contributed by atoms with Gasteiger partial charge in [-0.3, -0.25) is 0 Å². The molecule has 0 aliphatic heterocycles. The minimum atomic E-state index is -4.67. The van der Waals surface area contributed by atoms with Gasteiger partial charge in [0.1, 0.15) is 10.9 Å². The highest BCUT2D eigenvalue weighted by Crippen LogP contribution is 2.30. The van der Waals surface area contributed by atoms with E-state index >= 15 is 0 Å². The molecule has 0 fully saturated rings. The van der Waals surface area contributed by atoms with Crippen LogP contribution in [-0.2, 0) is 12.6 Å². The second kappa shape index (κ2) is 5.66. The van der Waals surface area contributed by atoms with Gasteiger partial charge in [0.15, 0.2) is 0 Å². The van der Waals surface area contributed by atoms with Crippen molar-refractivity contribution in [2.45, 2.75) is 19.5 Å². The number of alkyl halides is 3. The van der Waals surface area contributed by atoms with Gasteiger partial charge in [-0.2, -0.15) is 18.2 Å². The van der Waals surface area contributed by atoms with Gasteiger partial charge in [-0.15, -0.1) is 0 Å². The zero-order chi connectivity index (χ0) is 14.8. The van der Waals surface area contributed by atoms with E-state index in [1.165, 1.54) is 0 Å². The minimum absolute atomic E-state index is 0.249. The summed E-state index contributed by atoms with van der Waals surface area (Å²) in [5, 5.41) is -0.326. The summed E-state index contributed by atoms with van der Waals surface area (Å²) in [6.07, 6.45) is -3.81. The molecule has 1 aromatic heterocycles. The summed E-state index contributed by atoms with van der Waals surface area (Å²) in [6.45, 7) is 2.00. The van der Waals surface area contributed by atoms with Crippen LogP contribution in [0.5, 0.6) is 11.6 Å². The molecule has 0 radical (unpaired) electrons. The molecule has 7 heteroatoms. The van der Waals surface area contributed by atoms with Crippen LogP contribution in [0.3, 0.4) is 0 Å². The molecule has 0 unspecified atom stereocenters. The lowest BCUT2D eigenvalue weighted by Gasteiger charge is -2.09. The van der Waals surface area contributed by atoms with Crippen molar-refractivity contribution in [3.63, 3.8) is 0 Å². The molecular formula is C13H10ClF3N2O. The minimum Gasteiger partial charge on any atom is -0.439 e. The molecule has 2 aromatic rings. The van der Waals surface area contributed by atoms with E-state index in [1.807, 2.05) is 19.1 Å². The lowest BCUT2D eigenvalue weighted by atomic mass is 10.2. The fraction of sp³-hybridized carbons (Fsp3) is 0.231. The van der Waals surface area contributed by atoms with Crippen molar-refractivity contribution in [3.05, 3.63) is 46.9 Å². The molecule has 3 nitrogen and oxygen atoms in total. The molecule has 0 amide bonds. The van der Waals surface area contributed by atoms with Crippen LogP contribution in [0.15, 0.2) is 30.3 Å². The summed E-state index contributed by atoms with van der Waals surface area (Å²) in [6, 6.07) is 8.08. The van der Waals surface area contributed by atoms with Gasteiger partial charge < -0.3 is 4.74 Å². The molecule has 0 aliphatic rings. The predicted molar refractivity (Wildman–Crippen MR) is 67.9 cm³/mol. The van der Waals surface area contributed by atoms with Crippen LogP contribution in [-0.4, -0.2) is 9.97 Å². The Kier molecular flexibility index (Phi) is 4.13. The average molecular weight is 303 g/mol. The summed E-state index contributed by atoms with van der Waals surface area (Å²) in [5.41, 5.74) is 1.09. The maximum Gasteiger partial charge on any atom is 0.451 e. The summed E-state index contributed by atoms with van der Waals surface area (Å²) < 4.78 is 42.9. The third kappa shape index (κ3) is 3.60. The molecule has 0 saturated carbocycles. The highest BCUT2D eigenvalue weighted by atomic mass is 35.5. The van der Waals surface area contributed by atoms with Gasteiger partial charge in [0.05, 0.1) is 0 Å². The van der Waals surface area contributed by atoms with Gasteiger partial charge in [-0.05, 0) is 24.1 Å². The predicted octanol–water partition coefficient (Wildman–Crippen LogP) is 4.50. The van der Waals surface area contributed by atoms with Crippen molar-refractivity contribution in [3.8, 4) is 11.6 Å². The monoisotopic (exact) mass is 302 g/mol. The van der Waals surface area contributed by atoms with E-state index in [2.05, 4.69) is 9.97 Å². The van der Waals surface area contributed by atoms with E-state index in [0.717, 1.165) is 18.1 Å². The number of ether oxygens (including phenoxy) is 1. The Morgan fingerprint density at radius 1 is 1.15 bits per heavy atom. The number of hydrogen-bond donors (Lipinski definition) is 0. The molecular weight excluding hydrogens is 293 g/mol. The van der Waals surface area contributed by atoms with Crippen molar-refractivity contribution >= 4 is 11.6 Å². The molecule has 20 heavy (non-hydrogen) atoms. The highest BCUT2D eigenvalue weighted by molar-refractivity contribution is 6.29. The van der Waals surface area contributed by atoms with Crippen molar-refractivity contribution in [1.29, 1.82) is 0 Å². The Hall–Kier alpha value is -1.82. The van der Waals surface area contributed by atoms with Crippen molar-refractivity contribution in [1.82, 2.24) is 9.97 Å². The number of nitrogens with zero attached hydrogens (tertiary/aromatic N) is 2. The first-order chi connectivity index (χ1) is 9.38. The van der Waals surface area contributed by atoms with E-state index in [0.29, 0.717) is 5.75 Å². The third-order valence-corrected chi connectivity index (χ3v) is 2.67. The first-order valence-corrected chi connectivity index (χ1v) is 6.15. The first-order valence-electron chi connectivity index (χ1n) is 5.77. The van der Waals surface area contributed by atoms with Crippen LogP contribution < -0.4 is 4.74 Å². The van der Waals surface area contributed by atoms with Crippen LogP contribution in [0.4, 0.5) is 13.2 Å². The molecule has 106 valence electrons. The molecule has 0 N–H and O–H groups in total. The van der Waals surface area contributed by atoms with E-state index in [1.54, 1.807) is 12.1 Å². The Bertz CT molecular complexity index is 600. The summed E-state index contributed by atoms with van der Waals surface area (Å²) in [5.74, 6) is -1.20. The summed E-state index contributed by atoms with van der Waals surface area (Å²) >= 11 is 5.54. The standard InChI is InChI=1S/C13H10ClF3N2O/c1-2-8-3-5-9(6-4-8)20-11-7-10(14)18-12(19-11)13(15,16)17/h3-7H,2H2,1H3. The molecule has 0 saturated heterocycles. The first kappa shape index (κ1) is 14.6. The average Bonchev–Trinajstić information content (AvgIpc) is 2.38. The molecule has 0 aliphatic carbocycles. The molecule has 0 spiro atoms. The van der Waals surface area contributed by atoms with E-state index < -0.39 is 12.0 Å². The van der Waals surface area contributed by atoms with E-state index in [-0.39, 0.29) is 11.0 Å². The van der Waals surface area contributed by atoms with Gasteiger partial charge in [0.2, 0.25) is 11.7 Å². The van der Waals surface area contributed by atoms with Gasteiger partial charge in [0, 0.05) is 6.07 Å². The second-order valence-corrected chi connectivity index (χ2v) is 4.34. The molecule has 1 heterocycles. The number of aromatic nitrogens is 2. The number of benzene rings is 1. The van der Waals surface area contributed by atoms with Crippen molar-refractivity contribution in [2.24, 2.45) is 0 Å². The Balaban J connectivity index is 2.26. The maximum atomic E-state index is 12.5. The maximum absolute atomic E-state index is 12.5. The van der Waals surface area contributed by atoms with Gasteiger partial charge in [-0.1, -0.05) is 30.7 Å². The normalized spacial score (nSPS) is 11.4. The van der Waals surface area contributed by atoms with Crippen LogP contribution in [0.25, 0.3) is 0 Å². The smallest absolute Gasteiger partial charge is 0.439 e.